The number of hydrogen-bond donors (Lipinski definition) is 2. The summed E-state index contributed by atoms with van der Waals surface area (Å²) in [5.41, 5.74) is 3.03. The number of carbonyl (C=O) groups excluding carboxylic acids is 1. The Morgan fingerprint density at radius 3 is 2.84 bits per heavy atom. The van der Waals surface area contributed by atoms with Crippen molar-refractivity contribution in [2.24, 2.45) is 0 Å². The van der Waals surface area contributed by atoms with Crippen LogP contribution >= 0.6 is 0 Å². The lowest BCUT2D eigenvalue weighted by Crippen LogP contribution is -2.46. The molecule has 3 aromatic rings. The highest BCUT2D eigenvalue weighted by Gasteiger charge is 2.30. The molecule has 128 valence electrons. The Labute approximate surface area is 145 Å². The molecule has 0 saturated heterocycles. The number of fused-ring (bicyclic) bond motifs is 2. The average molecular weight is 336 g/mol. The number of benzene rings is 2. The number of amides is 2. The molecule has 2 heterocycles. The molecule has 2 aromatic carbocycles. The molecule has 4 rings (SSSR count). The van der Waals surface area contributed by atoms with Crippen molar-refractivity contribution in [3.63, 3.8) is 0 Å². The van der Waals surface area contributed by atoms with Gasteiger partial charge in [0.25, 0.3) is 0 Å². The van der Waals surface area contributed by atoms with Gasteiger partial charge in [0.1, 0.15) is 11.3 Å². The molecular weight excluding hydrogens is 316 g/mol. The van der Waals surface area contributed by atoms with Crippen molar-refractivity contribution < 1.29 is 14.3 Å². The second-order valence-corrected chi connectivity index (χ2v) is 6.25. The lowest BCUT2D eigenvalue weighted by Gasteiger charge is -2.36. The highest BCUT2D eigenvalue weighted by atomic mass is 16.3. The van der Waals surface area contributed by atoms with E-state index < -0.39 is 0 Å². The minimum absolute atomic E-state index is 0.0882. The molecule has 0 bridgehead atoms. The maximum Gasteiger partial charge on any atom is 0.318 e. The minimum Gasteiger partial charge on any atom is -0.459 e. The average Bonchev–Trinajstić information content (AvgIpc) is 3.08. The van der Waals surface area contributed by atoms with Gasteiger partial charge in [-0.05, 0) is 29.7 Å². The molecule has 0 spiro atoms. The Morgan fingerprint density at radius 2 is 2.00 bits per heavy atom. The Hall–Kier alpha value is -2.79. The number of aliphatic hydroxyl groups is 1. The van der Waals surface area contributed by atoms with Gasteiger partial charge in [0, 0.05) is 11.9 Å². The minimum atomic E-state index is -0.305. The molecular formula is C20H20N2O3. The lowest BCUT2D eigenvalue weighted by atomic mass is 9.93. The Kier molecular flexibility index (Phi) is 4.15. The third-order valence-electron chi connectivity index (χ3n) is 4.74. The van der Waals surface area contributed by atoms with Gasteiger partial charge in [0.15, 0.2) is 0 Å². The first-order valence-electron chi connectivity index (χ1n) is 8.47. The number of urea groups is 1. The molecule has 2 amide bonds. The molecule has 5 heteroatoms. The first-order valence-corrected chi connectivity index (χ1v) is 8.47. The number of hydrogen-bond acceptors (Lipinski definition) is 3. The highest BCUT2D eigenvalue weighted by molar-refractivity contribution is 5.78. The number of para-hydroxylation sites is 1. The third-order valence-corrected chi connectivity index (χ3v) is 4.74. The summed E-state index contributed by atoms with van der Waals surface area (Å²) in [4.78, 5) is 14.3. The predicted molar refractivity (Wildman–Crippen MR) is 95.1 cm³/mol. The van der Waals surface area contributed by atoms with E-state index in [0.29, 0.717) is 18.8 Å². The number of nitrogens with one attached hydrogen (secondary N) is 1. The van der Waals surface area contributed by atoms with Gasteiger partial charge in [-0.1, -0.05) is 42.5 Å². The maximum absolute atomic E-state index is 12.6. The summed E-state index contributed by atoms with van der Waals surface area (Å²) in [7, 11) is 0. The number of aliphatic hydroxyl groups excluding tert-OH is 1. The lowest BCUT2D eigenvalue weighted by molar-refractivity contribution is 0.126. The van der Waals surface area contributed by atoms with Crippen molar-refractivity contribution in [1.29, 1.82) is 0 Å². The van der Waals surface area contributed by atoms with E-state index in [9.17, 15) is 9.90 Å². The van der Waals surface area contributed by atoms with Gasteiger partial charge < -0.3 is 19.7 Å². The highest BCUT2D eigenvalue weighted by Crippen LogP contribution is 2.29. The molecule has 1 aromatic heterocycles. The van der Waals surface area contributed by atoms with Gasteiger partial charge in [-0.3, -0.25) is 0 Å². The molecule has 0 aliphatic carbocycles. The standard InChI is InChI=1S/C20H20N2O3/c23-13-18-17-7-3-1-5-14(17)9-10-22(18)20(24)21-12-16-11-15-6-2-4-8-19(15)25-16/h1-8,11,18,23H,9-10,12-13H2,(H,21,24). The predicted octanol–water partition coefficient (Wildman–Crippen LogP) is 3.23. The summed E-state index contributed by atoms with van der Waals surface area (Å²) < 4.78 is 5.73. The van der Waals surface area contributed by atoms with Crippen LogP contribution in [0.5, 0.6) is 0 Å². The fourth-order valence-electron chi connectivity index (χ4n) is 3.48. The van der Waals surface area contributed by atoms with Gasteiger partial charge in [-0.2, -0.15) is 0 Å². The second kappa shape index (κ2) is 6.61. The maximum atomic E-state index is 12.6. The first-order chi connectivity index (χ1) is 12.3. The zero-order chi connectivity index (χ0) is 17.2. The Bertz CT molecular complexity index is 870. The van der Waals surface area contributed by atoms with E-state index >= 15 is 0 Å². The molecule has 0 saturated carbocycles. The number of carbonyl (C=O) groups is 1. The summed E-state index contributed by atoms with van der Waals surface area (Å²) >= 11 is 0. The SMILES string of the molecule is O=C(NCc1cc2ccccc2o1)N1CCc2ccccc2C1CO. The van der Waals surface area contributed by atoms with E-state index in [1.165, 1.54) is 5.56 Å². The van der Waals surface area contributed by atoms with Gasteiger partial charge >= 0.3 is 6.03 Å². The monoisotopic (exact) mass is 336 g/mol. The van der Waals surface area contributed by atoms with Crippen LogP contribution in [0.2, 0.25) is 0 Å². The van der Waals surface area contributed by atoms with Crippen molar-refractivity contribution in [1.82, 2.24) is 10.2 Å². The van der Waals surface area contributed by atoms with Crippen LogP contribution in [0, 0.1) is 0 Å². The summed E-state index contributed by atoms with van der Waals surface area (Å²) in [5, 5.41) is 13.7. The summed E-state index contributed by atoms with van der Waals surface area (Å²) in [5.74, 6) is 0.715. The zero-order valence-electron chi connectivity index (χ0n) is 13.8. The molecule has 1 aliphatic heterocycles. The summed E-state index contributed by atoms with van der Waals surface area (Å²) in [6.45, 7) is 0.826. The van der Waals surface area contributed by atoms with Crippen LogP contribution in [0.25, 0.3) is 11.0 Å². The summed E-state index contributed by atoms with van der Waals surface area (Å²) in [6.07, 6.45) is 0.796. The van der Waals surface area contributed by atoms with Gasteiger partial charge in [0.2, 0.25) is 0 Å². The fourth-order valence-corrected chi connectivity index (χ4v) is 3.48. The van der Waals surface area contributed by atoms with Crippen LogP contribution < -0.4 is 5.32 Å². The van der Waals surface area contributed by atoms with Crippen LogP contribution in [0.3, 0.4) is 0 Å². The van der Waals surface area contributed by atoms with Crippen LogP contribution in [0.15, 0.2) is 59.0 Å². The van der Waals surface area contributed by atoms with Crippen LogP contribution in [0.1, 0.15) is 22.9 Å². The van der Waals surface area contributed by atoms with E-state index in [0.717, 1.165) is 23.0 Å². The Balaban J connectivity index is 1.47. The van der Waals surface area contributed by atoms with Crippen LogP contribution in [-0.2, 0) is 13.0 Å². The number of rotatable bonds is 3. The summed E-state index contributed by atoms with van der Waals surface area (Å²) in [6, 6.07) is 17.2. The second-order valence-electron chi connectivity index (χ2n) is 6.25. The van der Waals surface area contributed by atoms with Crippen molar-refractivity contribution >= 4 is 17.0 Å². The molecule has 5 nitrogen and oxygen atoms in total. The molecule has 0 fully saturated rings. The van der Waals surface area contributed by atoms with Crippen molar-refractivity contribution in [2.45, 2.75) is 19.0 Å². The van der Waals surface area contributed by atoms with Gasteiger partial charge in [-0.15, -0.1) is 0 Å². The van der Waals surface area contributed by atoms with E-state index in [1.54, 1.807) is 4.90 Å². The molecule has 1 atom stereocenters. The first kappa shape index (κ1) is 15.7. The molecule has 0 radical (unpaired) electrons. The topological polar surface area (TPSA) is 65.7 Å². The molecule has 1 aliphatic rings. The molecule has 1 unspecified atom stereocenters. The van der Waals surface area contributed by atoms with Crippen molar-refractivity contribution in [3.8, 4) is 0 Å². The van der Waals surface area contributed by atoms with E-state index in [2.05, 4.69) is 11.4 Å². The van der Waals surface area contributed by atoms with E-state index in [1.807, 2.05) is 48.5 Å². The van der Waals surface area contributed by atoms with Crippen molar-refractivity contribution in [2.75, 3.05) is 13.2 Å². The molecule has 2 N–H and O–H groups in total. The quantitative estimate of drug-likeness (QED) is 0.772. The largest absolute Gasteiger partial charge is 0.459 e. The smallest absolute Gasteiger partial charge is 0.318 e. The van der Waals surface area contributed by atoms with Gasteiger partial charge in [0.05, 0.1) is 19.2 Å². The zero-order valence-corrected chi connectivity index (χ0v) is 13.8. The fraction of sp³-hybridized carbons (Fsp3) is 0.250. The normalized spacial score (nSPS) is 16.7. The van der Waals surface area contributed by atoms with Crippen molar-refractivity contribution in [3.05, 3.63) is 71.5 Å². The number of furan rings is 1. The molecule has 25 heavy (non-hydrogen) atoms. The third kappa shape index (κ3) is 2.98. The van der Waals surface area contributed by atoms with Crippen LogP contribution in [0.4, 0.5) is 4.79 Å². The Morgan fingerprint density at radius 1 is 1.20 bits per heavy atom. The number of nitrogens with zero attached hydrogens (tertiary/aromatic N) is 1. The van der Waals surface area contributed by atoms with Crippen LogP contribution in [-0.4, -0.2) is 29.2 Å². The van der Waals surface area contributed by atoms with E-state index in [4.69, 9.17) is 4.42 Å². The van der Waals surface area contributed by atoms with Gasteiger partial charge in [-0.25, -0.2) is 4.79 Å². The van der Waals surface area contributed by atoms with E-state index in [-0.39, 0.29) is 18.7 Å².